The standard InChI is InChI=1S/C15H21BrN2O4S/c1-22-8-7-18(13-6-9-23(20,21)11-13)15(19)17-10-12-4-2-3-5-14(12)16/h2-5,13H,6-11H2,1H3,(H,17,19). The highest BCUT2D eigenvalue weighted by molar-refractivity contribution is 9.10. The van der Waals surface area contributed by atoms with Gasteiger partial charge in [-0.1, -0.05) is 34.1 Å². The Balaban J connectivity index is 2.00. The summed E-state index contributed by atoms with van der Waals surface area (Å²) in [5, 5.41) is 2.86. The van der Waals surface area contributed by atoms with E-state index in [1.54, 1.807) is 12.0 Å². The molecule has 0 bridgehead atoms. The minimum Gasteiger partial charge on any atom is -0.383 e. The zero-order chi connectivity index (χ0) is 16.9. The van der Waals surface area contributed by atoms with Crippen LogP contribution in [0, 0.1) is 0 Å². The largest absolute Gasteiger partial charge is 0.383 e. The lowest BCUT2D eigenvalue weighted by Gasteiger charge is -2.28. The maximum Gasteiger partial charge on any atom is 0.318 e. The van der Waals surface area contributed by atoms with Crippen LogP contribution in [0.1, 0.15) is 12.0 Å². The lowest BCUT2D eigenvalue weighted by atomic mass is 10.2. The van der Waals surface area contributed by atoms with E-state index >= 15 is 0 Å². The van der Waals surface area contributed by atoms with Crippen molar-refractivity contribution in [2.75, 3.05) is 31.8 Å². The minimum absolute atomic E-state index is 0.0270. The van der Waals surface area contributed by atoms with Crippen LogP contribution in [0.25, 0.3) is 0 Å². The number of urea groups is 1. The van der Waals surface area contributed by atoms with Gasteiger partial charge in [0.05, 0.1) is 18.1 Å². The van der Waals surface area contributed by atoms with Crippen molar-refractivity contribution in [3.8, 4) is 0 Å². The lowest BCUT2D eigenvalue weighted by Crippen LogP contribution is -2.48. The van der Waals surface area contributed by atoms with E-state index in [0.29, 0.717) is 26.1 Å². The van der Waals surface area contributed by atoms with Crippen molar-refractivity contribution in [1.82, 2.24) is 10.2 Å². The van der Waals surface area contributed by atoms with Gasteiger partial charge in [-0.3, -0.25) is 0 Å². The summed E-state index contributed by atoms with van der Waals surface area (Å²) < 4.78 is 29.3. The second-order valence-electron chi connectivity index (χ2n) is 5.49. The van der Waals surface area contributed by atoms with Gasteiger partial charge in [0.2, 0.25) is 0 Å². The van der Waals surface area contributed by atoms with Crippen molar-refractivity contribution in [3.63, 3.8) is 0 Å². The van der Waals surface area contributed by atoms with Crippen molar-refractivity contribution in [1.29, 1.82) is 0 Å². The van der Waals surface area contributed by atoms with E-state index in [0.717, 1.165) is 10.0 Å². The number of carbonyl (C=O) groups is 1. The van der Waals surface area contributed by atoms with Crippen LogP contribution >= 0.6 is 15.9 Å². The van der Waals surface area contributed by atoms with Gasteiger partial charge in [-0.25, -0.2) is 13.2 Å². The molecule has 0 aromatic heterocycles. The van der Waals surface area contributed by atoms with E-state index in [2.05, 4.69) is 21.2 Å². The molecule has 0 spiro atoms. The number of amides is 2. The lowest BCUT2D eigenvalue weighted by molar-refractivity contribution is 0.133. The fraction of sp³-hybridized carbons (Fsp3) is 0.533. The number of hydrogen-bond acceptors (Lipinski definition) is 4. The normalized spacial score (nSPS) is 19.5. The Labute approximate surface area is 145 Å². The third-order valence-electron chi connectivity index (χ3n) is 3.83. The molecule has 1 unspecified atom stereocenters. The molecule has 1 aromatic rings. The fourth-order valence-corrected chi connectivity index (χ4v) is 4.73. The summed E-state index contributed by atoms with van der Waals surface area (Å²) >= 11 is 3.44. The topological polar surface area (TPSA) is 75.7 Å². The third kappa shape index (κ3) is 5.19. The summed E-state index contributed by atoms with van der Waals surface area (Å²) in [5.74, 6) is 0.165. The van der Waals surface area contributed by atoms with Crippen molar-refractivity contribution >= 4 is 31.8 Å². The van der Waals surface area contributed by atoms with Gasteiger partial charge in [-0.2, -0.15) is 0 Å². The summed E-state index contributed by atoms with van der Waals surface area (Å²) in [6.07, 6.45) is 0.481. The van der Waals surface area contributed by atoms with Gasteiger partial charge in [0, 0.05) is 30.7 Å². The number of ether oxygens (including phenoxy) is 1. The van der Waals surface area contributed by atoms with Gasteiger partial charge in [-0.15, -0.1) is 0 Å². The van der Waals surface area contributed by atoms with Crippen LogP contribution in [0.15, 0.2) is 28.7 Å². The van der Waals surface area contributed by atoms with E-state index in [-0.39, 0.29) is 23.6 Å². The Morgan fingerprint density at radius 2 is 2.17 bits per heavy atom. The van der Waals surface area contributed by atoms with E-state index in [1.807, 2.05) is 24.3 Å². The second kappa shape index (κ2) is 8.12. The fourth-order valence-electron chi connectivity index (χ4n) is 2.57. The van der Waals surface area contributed by atoms with Crippen molar-refractivity contribution in [3.05, 3.63) is 34.3 Å². The first-order valence-corrected chi connectivity index (χ1v) is 10.0. The van der Waals surface area contributed by atoms with Gasteiger partial charge >= 0.3 is 6.03 Å². The molecule has 1 N–H and O–H groups in total. The average Bonchev–Trinajstić information content (AvgIpc) is 2.87. The Hall–Kier alpha value is -1.12. The zero-order valence-electron chi connectivity index (χ0n) is 13.0. The van der Waals surface area contributed by atoms with Crippen LogP contribution in [0.3, 0.4) is 0 Å². The Morgan fingerprint density at radius 3 is 2.78 bits per heavy atom. The predicted molar refractivity (Wildman–Crippen MR) is 92.0 cm³/mol. The third-order valence-corrected chi connectivity index (χ3v) is 6.36. The van der Waals surface area contributed by atoms with Crippen molar-refractivity contribution < 1.29 is 17.9 Å². The van der Waals surface area contributed by atoms with E-state index in [9.17, 15) is 13.2 Å². The van der Waals surface area contributed by atoms with Crippen LogP contribution in [0.5, 0.6) is 0 Å². The van der Waals surface area contributed by atoms with E-state index < -0.39 is 9.84 Å². The molecule has 1 heterocycles. The summed E-state index contributed by atoms with van der Waals surface area (Å²) in [5.41, 5.74) is 0.964. The molecular formula is C15H21BrN2O4S. The molecule has 1 saturated heterocycles. The number of sulfone groups is 1. The summed E-state index contributed by atoms with van der Waals surface area (Å²) in [6.45, 7) is 1.13. The van der Waals surface area contributed by atoms with Crippen molar-refractivity contribution in [2.45, 2.75) is 19.0 Å². The SMILES string of the molecule is COCCN(C(=O)NCc1ccccc1Br)C1CCS(=O)(=O)C1. The van der Waals surface area contributed by atoms with Gasteiger partial charge < -0.3 is 15.0 Å². The molecule has 1 aliphatic heterocycles. The molecule has 1 aliphatic rings. The van der Waals surface area contributed by atoms with Gasteiger partial charge in [0.15, 0.2) is 9.84 Å². The molecule has 0 aliphatic carbocycles. The second-order valence-corrected chi connectivity index (χ2v) is 8.58. The summed E-state index contributed by atoms with van der Waals surface area (Å²) in [7, 11) is -1.48. The van der Waals surface area contributed by atoms with Crippen LogP contribution in [0.2, 0.25) is 0 Å². The monoisotopic (exact) mass is 404 g/mol. The van der Waals surface area contributed by atoms with Gasteiger partial charge in [0.25, 0.3) is 0 Å². The highest BCUT2D eigenvalue weighted by Gasteiger charge is 2.34. The number of halogens is 1. The van der Waals surface area contributed by atoms with Gasteiger partial charge in [-0.05, 0) is 18.1 Å². The molecule has 2 rings (SSSR count). The molecule has 128 valence electrons. The molecule has 1 aromatic carbocycles. The molecule has 6 nitrogen and oxygen atoms in total. The number of carbonyl (C=O) groups excluding carboxylic acids is 1. The molecule has 1 atom stereocenters. The molecule has 1 fully saturated rings. The Bertz CT molecular complexity index is 651. The number of rotatable bonds is 6. The average molecular weight is 405 g/mol. The van der Waals surface area contributed by atoms with Gasteiger partial charge in [0.1, 0.15) is 0 Å². The smallest absolute Gasteiger partial charge is 0.318 e. The first kappa shape index (κ1) is 18.2. The summed E-state index contributed by atoms with van der Waals surface area (Å²) in [6, 6.07) is 7.09. The predicted octanol–water partition coefficient (Wildman–Crippen LogP) is 1.79. The van der Waals surface area contributed by atoms with Crippen molar-refractivity contribution in [2.24, 2.45) is 0 Å². The van der Waals surface area contributed by atoms with E-state index in [1.165, 1.54) is 0 Å². The number of benzene rings is 1. The molecule has 0 radical (unpaired) electrons. The summed E-state index contributed by atoms with van der Waals surface area (Å²) in [4.78, 5) is 14.1. The number of nitrogens with one attached hydrogen (secondary N) is 1. The first-order valence-electron chi connectivity index (χ1n) is 7.40. The highest BCUT2D eigenvalue weighted by Crippen LogP contribution is 2.19. The molecule has 0 saturated carbocycles. The molecular weight excluding hydrogens is 384 g/mol. The quantitative estimate of drug-likeness (QED) is 0.783. The number of methoxy groups -OCH3 is 1. The Kier molecular flexibility index (Phi) is 6.43. The minimum atomic E-state index is -3.04. The maximum absolute atomic E-state index is 12.5. The van der Waals surface area contributed by atoms with Crippen LogP contribution in [0.4, 0.5) is 4.79 Å². The highest BCUT2D eigenvalue weighted by atomic mass is 79.9. The van der Waals surface area contributed by atoms with Crippen LogP contribution in [-0.4, -0.2) is 57.2 Å². The van der Waals surface area contributed by atoms with Crippen LogP contribution in [-0.2, 0) is 21.1 Å². The molecule has 8 heteroatoms. The number of hydrogen-bond donors (Lipinski definition) is 1. The number of nitrogens with zero attached hydrogens (tertiary/aromatic N) is 1. The van der Waals surface area contributed by atoms with Crippen LogP contribution < -0.4 is 5.32 Å². The first-order chi connectivity index (χ1) is 10.9. The van der Waals surface area contributed by atoms with E-state index in [4.69, 9.17) is 4.74 Å². The molecule has 2 amide bonds. The maximum atomic E-state index is 12.5. The zero-order valence-corrected chi connectivity index (χ0v) is 15.4. The Morgan fingerprint density at radius 1 is 1.43 bits per heavy atom. The molecule has 23 heavy (non-hydrogen) atoms.